The summed E-state index contributed by atoms with van der Waals surface area (Å²) in [5, 5.41) is 11.5. The van der Waals surface area contributed by atoms with Crippen molar-refractivity contribution < 1.29 is 32.6 Å². The maximum Gasteiger partial charge on any atom is 0.408 e. The number of hydrogen-bond donors (Lipinski definition) is 2. The van der Waals surface area contributed by atoms with Crippen LogP contribution in [0, 0.1) is 5.92 Å². The van der Waals surface area contributed by atoms with Crippen LogP contribution in [0.4, 0.5) is 18.0 Å². The number of hydrogen-bond acceptors (Lipinski definition) is 3. The first-order valence-corrected chi connectivity index (χ1v) is 6.67. The lowest BCUT2D eigenvalue weighted by Crippen LogP contribution is -2.57. The van der Waals surface area contributed by atoms with Crippen molar-refractivity contribution in [3.63, 3.8) is 0 Å². The van der Waals surface area contributed by atoms with Gasteiger partial charge in [-0.25, -0.2) is 9.59 Å². The van der Waals surface area contributed by atoms with E-state index < -0.39 is 35.3 Å². The Balaban J connectivity index is 2.75. The molecule has 1 aliphatic carbocycles. The Bertz CT molecular complexity index is 407. The van der Waals surface area contributed by atoms with Crippen LogP contribution >= 0.6 is 0 Å². The van der Waals surface area contributed by atoms with Crippen molar-refractivity contribution in [2.24, 2.45) is 5.92 Å². The lowest BCUT2D eigenvalue weighted by molar-refractivity contribution is -0.188. The van der Waals surface area contributed by atoms with Gasteiger partial charge in [0.1, 0.15) is 11.1 Å². The summed E-state index contributed by atoms with van der Waals surface area (Å²) in [6, 6.07) is 0. The van der Waals surface area contributed by atoms with Crippen molar-refractivity contribution in [3.05, 3.63) is 0 Å². The SMILES string of the molecule is CC(C)(C)OC(=O)NC1(C(=O)O)CCC(C(F)(F)F)CC1. The molecular formula is C13H20F3NO4. The minimum atomic E-state index is -4.34. The van der Waals surface area contributed by atoms with Gasteiger partial charge in [0.25, 0.3) is 0 Å². The fourth-order valence-corrected chi connectivity index (χ4v) is 2.33. The summed E-state index contributed by atoms with van der Waals surface area (Å²) in [5.41, 5.74) is -2.50. The van der Waals surface area contributed by atoms with Gasteiger partial charge in [0, 0.05) is 0 Å². The molecule has 1 saturated carbocycles. The zero-order valence-electron chi connectivity index (χ0n) is 12.2. The minimum absolute atomic E-state index is 0.272. The molecular weight excluding hydrogens is 291 g/mol. The number of alkyl halides is 3. The van der Waals surface area contributed by atoms with Gasteiger partial charge >= 0.3 is 18.2 Å². The highest BCUT2D eigenvalue weighted by molar-refractivity contribution is 5.84. The second-order valence-corrected chi connectivity index (χ2v) is 6.33. The Morgan fingerprint density at radius 2 is 1.67 bits per heavy atom. The molecule has 1 amide bonds. The average Bonchev–Trinajstić information content (AvgIpc) is 2.25. The zero-order valence-corrected chi connectivity index (χ0v) is 12.2. The van der Waals surface area contributed by atoms with E-state index in [1.807, 2.05) is 0 Å². The maximum atomic E-state index is 12.6. The predicted molar refractivity (Wildman–Crippen MR) is 67.7 cm³/mol. The minimum Gasteiger partial charge on any atom is -0.480 e. The second kappa shape index (κ2) is 5.73. The summed E-state index contributed by atoms with van der Waals surface area (Å²) in [4.78, 5) is 23.1. The summed E-state index contributed by atoms with van der Waals surface area (Å²) in [5.74, 6) is -2.86. The number of amides is 1. The second-order valence-electron chi connectivity index (χ2n) is 6.33. The molecule has 0 saturated heterocycles. The highest BCUT2D eigenvalue weighted by atomic mass is 19.4. The molecule has 5 nitrogen and oxygen atoms in total. The van der Waals surface area contributed by atoms with Crippen molar-refractivity contribution in [1.29, 1.82) is 0 Å². The summed E-state index contributed by atoms with van der Waals surface area (Å²) >= 11 is 0. The van der Waals surface area contributed by atoms with Gasteiger partial charge in [-0.1, -0.05) is 0 Å². The molecule has 0 aromatic carbocycles. The zero-order chi connectivity index (χ0) is 16.5. The normalized spacial score (nSPS) is 27.0. The van der Waals surface area contributed by atoms with E-state index in [2.05, 4.69) is 5.32 Å². The molecule has 0 aromatic heterocycles. The number of rotatable bonds is 2. The third kappa shape index (κ3) is 4.78. The monoisotopic (exact) mass is 311 g/mol. The van der Waals surface area contributed by atoms with E-state index in [0.29, 0.717) is 0 Å². The molecule has 21 heavy (non-hydrogen) atoms. The molecule has 8 heteroatoms. The third-order valence-electron chi connectivity index (χ3n) is 3.45. The number of alkyl carbamates (subject to hydrolysis) is 1. The van der Waals surface area contributed by atoms with E-state index in [1.165, 1.54) is 0 Å². The van der Waals surface area contributed by atoms with E-state index in [0.717, 1.165) is 0 Å². The smallest absolute Gasteiger partial charge is 0.408 e. The van der Waals surface area contributed by atoms with Gasteiger partial charge < -0.3 is 15.2 Å². The Kier molecular flexibility index (Phi) is 4.80. The van der Waals surface area contributed by atoms with Crippen LogP contribution in [0.3, 0.4) is 0 Å². The molecule has 1 rings (SSSR count). The molecule has 0 aromatic rings. The largest absolute Gasteiger partial charge is 0.480 e. The van der Waals surface area contributed by atoms with Gasteiger partial charge in [0.15, 0.2) is 0 Å². The van der Waals surface area contributed by atoms with E-state index in [1.54, 1.807) is 20.8 Å². The van der Waals surface area contributed by atoms with E-state index in [4.69, 9.17) is 4.74 Å². The lowest BCUT2D eigenvalue weighted by Gasteiger charge is -2.38. The third-order valence-corrected chi connectivity index (χ3v) is 3.45. The average molecular weight is 311 g/mol. The number of carboxylic acids is 1. The molecule has 2 N–H and O–H groups in total. The lowest BCUT2D eigenvalue weighted by atomic mass is 9.76. The number of aliphatic carboxylic acids is 1. The van der Waals surface area contributed by atoms with Gasteiger partial charge in [-0.15, -0.1) is 0 Å². The topological polar surface area (TPSA) is 75.6 Å². The van der Waals surface area contributed by atoms with Gasteiger partial charge in [-0.05, 0) is 46.5 Å². The van der Waals surface area contributed by atoms with Crippen LogP contribution in [-0.4, -0.2) is 34.5 Å². The summed E-state index contributed by atoms with van der Waals surface area (Å²) in [6.45, 7) is 4.84. The van der Waals surface area contributed by atoms with E-state index in [-0.39, 0.29) is 25.7 Å². The molecule has 0 bridgehead atoms. The molecule has 0 atom stereocenters. The van der Waals surface area contributed by atoms with Crippen molar-refractivity contribution in [3.8, 4) is 0 Å². The Labute approximate surface area is 120 Å². The molecule has 0 heterocycles. The molecule has 122 valence electrons. The molecule has 0 unspecified atom stereocenters. The molecule has 0 radical (unpaired) electrons. The first-order chi connectivity index (χ1) is 9.36. The van der Waals surface area contributed by atoms with Crippen LogP contribution in [0.5, 0.6) is 0 Å². The molecule has 1 aliphatic rings. The molecule has 0 spiro atoms. The van der Waals surface area contributed by atoms with Crippen LogP contribution in [0.2, 0.25) is 0 Å². The Morgan fingerprint density at radius 1 is 1.19 bits per heavy atom. The van der Waals surface area contributed by atoms with Crippen molar-refractivity contribution >= 4 is 12.1 Å². The summed E-state index contributed by atoms with van der Waals surface area (Å²) in [6.07, 6.45) is -6.47. The fraction of sp³-hybridized carbons (Fsp3) is 0.846. The first kappa shape index (κ1) is 17.6. The van der Waals surface area contributed by atoms with Crippen LogP contribution < -0.4 is 5.32 Å². The standard InChI is InChI=1S/C13H20F3NO4/c1-11(2,3)21-10(20)17-12(9(18)19)6-4-8(5-7-12)13(14,15)16/h8H,4-7H2,1-3H3,(H,17,20)(H,18,19). The fourth-order valence-electron chi connectivity index (χ4n) is 2.33. The van der Waals surface area contributed by atoms with E-state index in [9.17, 15) is 27.9 Å². The number of nitrogens with one attached hydrogen (secondary N) is 1. The van der Waals surface area contributed by atoms with Gasteiger partial charge in [-0.2, -0.15) is 13.2 Å². The Morgan fingerprint density at radius 3 is 2.00 bits per heavy atom. The van der Waals surface area contributed by atoms with E-state index >= 15 is 0 Å². The summed E-state index contributed by atoms with van der Waals surface area (Å²) in [7, 11) is 0. The van der Waals surface area contributed by atoms with Crippen LogP contribution in [0.25, 0.3) is 0 Å². The quantitative estimate of drug-likeness (QED) is 0.821. The highest BCUT2D eigenvalue weighted by Crippen LogP contribution is 2.41. The number of carbonyl (C=O) groups excluding carboxylic acids is 1. The van der Waals surface area contributed by atoms with Crippen LogP contribution in [-0.2, 0) is 9.53 Å². The number of ether oxygens (including phenoxy) is 1. The van der Waals surface area contributed by atoms with Crippen molar-refractivity contribution in [2.75, 3.05) is 0 Å². The maximum absolute atomic E-state index is 12.6. The first-order valence-electron chi connectivity index (χ1n) is 6.67. The van der Waals surface area contributed by atoms with Crippen LogP contribution in [0.1, 0.15) is 46.5 Å². The highest BCUT2D eigenvalue weighted by Gasteiger charge is 2.50. The number of halogens is 3. The van der Waals surface area contributed by atoms with Gasteiger partial charge in [0.2, 0.25) is 0 Å². The van der Waals surface area contributed by atoms with Gasteiger partial charge in [0.05, 0.1) is 5.92 Å². The number of carbonyl (C=O) groups is 2. The number of carboxylic acid groups (broad SMARTS) is 1. The molecule has 0 aliphatic heterocycles. The summed E-state index contributed by atoms with van der Waals surface area (Å²) < 4.78 is 42.8. The van der Waals surface area contributed by atoms with Crippen molar-refractivity contribution in [2.45, 2.75) is 63.8 Å². The van der Waals surface area contributed by atoms with Crippen molar-refractivity contribution in [1.82, 2.24) is 5.32 Å². The predicted octanol–water partition coefficient (Wildman–Crippen LogP) is 3.09. The molecule has 1 fully saturated rings. The van der Waals surface area contributed by atoms with Crippen LogP contribution in [0.15, 0.2) is 0 Å². The van der Waals surface area contributed by atoms with Gasteiger partial charge in [-0.3, -0.25) is 0 Å². The Hall–Kier alpha value is -1.47.